The molecule has 60 heavy (non-hydrogen) atoms. The second-order valence-electron chi connectivity index (χ2n) is 18.5. The van der Waals surface area contributed by atoms with E-state index in [1.807, 2.05) is 0 Å². The second kappa shape index (κ2) is 15.2. The summed E-state index contributed by atoms with van der Waals surface area (Å²) in [5.41, 5.74) is 21.3. The minimum atomic E-state index is 0.860. The molecule has 8 bridgehead atoms. The van der Waals surface area contributed by atoms with Gasteiger partial charge in [0.2, 0.25) is 0 Å². The van der Waals surface area contributed by atoms with Gasteiger partial charge in [-0.1, -0.05) is 108 Å². The molecule has 2 aliphatic rings. The Morgan fingerprint density at radius 2 is 0.600 bits per heavy atom. The van der Waals surface area contributed by atoms with Gasteiger partial charge in [-0.05, 0) is 84.7 Å². The Bertz CT molecular complexity index is 2760. The standard InChI is InChI=1S/C54H54N6/c1-35-9-17-39(18-10-35)51-43-25-29-47(55-43)53(41-21-13-37(14-22-41)33-59(3,4)5)49-31-27-45(57-49)52(40-19-11-36(2)12-20-40)46-28-32-50(58-46)54(48-30-26-44(51)56-48)42-23-15-38(16-24-42)34-60(6,7)8/h9-32,55,58H,33-34H2,1-8H3/q+2. The molecule has 2 N–H and O–H groups in total. The van der Waals surface area contributed by atoms with Gasteiger partial charge in [-0.25, -0.2) is 9.97 Å². The van der Waals surface area contributed by atoms with Crippen molar-refractivity contribution < 1.29 is 8.97 Å². The predicted molar refractivity (Wildman–Crippen MR) is 254 cm³/mol. The number of rotatable bonds is 8. The van der Waals surface area contributed by atoms with Gasteiger partial charge in [0.1, 0.15) is 13.1 Å². The van der Waals surface area contributed by atoms with E-state index in [2.05, 4.69) is 212 Å². The number of hydrogen-bond acceptors (Lipinski definition) is 2. The molecule has 0 saturated carbocycles. The average Bonchev–Trinajstić information content (AvgIpc) is 4.04. The molecule has 6 heteroatoms. The van der Waals surface area contributed by atoms with Gasteiger partial charge in [-0.2, -0.15) is 0 Å². The quantitative estimate of drug-likeness (QED) is 0.151. The van der Waals surface area contributed by atoms with E-state index in [-0.39, 0.29) is 0 Å². The molecular formula is C54H54N6+2. The molecule has 298 valence electrons. The highest BCUT2D eigenvalue weighted by atomic mass is 15.3. The van der Waals surface area contributed by atoms with E-state index in [1.54, 1.807) is 0 Å². The zero-order valence-electron chi connectivity index (χ0n) is 36.1. The monoisotopic (exact) mass is 786 g/mol. The van der Waals surface area contributed by atoms with E-state index in [1.165, 1.54) is 22.3 Å². The summed E-state index contributed by atoms with van der Waals surface area (Å²) in [6.45, 7) is 6.15. The fourth-order valence-electron chi connectivity index (χ4n) is 8.51. The number of aromatic nitrogens is 4. The maximum Gasteiger partial charge on any atom is 0.104 e. The van der Waals surface area contributed by atoms with E-state index in [9.17, 15) is 0 Å². The number of H-pyrrole nitrogens is 2. The van der Waals surface area contributed by atoms with Gasteiger partial charge in [-0.15, -0.1) is 0 Å². The summed E-state index contributed by atoms with van der Waals surface area (Å²) >= 11 is 0. The van der Waals surface area contributed by atoms with Crippen molar-refractivity contribution in [3.63, 3.8) is 0 Å². The molecule has 0 unspecified atom stereocenters. The predicted octanol–water partition coefficient (Wildman–Crippen LogP) is 12.4. The minimum absolute atomic E-state index is 0.860. The van der Waals surface area contributed by atoms with Crippen molar-refractivity contribution in [2.45, 2.75) is 26.9 Å². The van der Waals surface area contributed by atoms with Crippen LogP contribution in [0.3, 0.4) is 0 Å². The number of hydrogen-bond donors (Lipinski definition) is 2. The Kier molecular flexibility index (Phi) is 9.86. The number of quaternary nitrogens is 2. The van der Waals surface area contributed by atoms with E-state index in [4.69, 9.17) is 9.97 Å². The number of benzene rings is 4. The molecule has 0 aliphatic carbocycles. The average molecular weight is 787 g/mol. The Labute approximate surface area is 354 Å². The van der Waals surface area contributed by atoms with Crippen LogP contribution in [0.15, 0.2) is 121 Å². The van der Waals surface area contributed by atoms with Gasteiger partial charge in [0.05, 0.1) is 65.1 Å². The molecule has 0 saturated heterocycles. The van der Waals surface area contributed by atoms with Gasteiger partial charge in [0, 0.05) is 55.4 Å². The maximum atomic E-state index is 5.50. The minimum Gasteiger partial charge on any atom is -0.354 e. The molecule has 0 amide bonds. The number of fused-ring (bicyclic) bond motifs is 8. The molecular weight excluding hydrogens is 733 g/mol. The Hall–Kier alpha value is -6.60. The number of nitrogens with zero attached hydrogens (tertiary/aromatic N) is 4. The van der Waals surface area contributed by atoms with Crippen LogP contribution in [-0.2, 0) is 13.1 Å². The molecule has 9 rings (SSSR count). The third kappa shape index (κ3) is 8.04. The number of nitrogens with one attached hydrogen (secondary N) is 2. The molecule has 4 aromatic carbocycles. The van der Waals surface area contributed by atoms with Gasteiger partial charge in [0.25, 0.3) is 0 Å². The zero-order chi connectivity index (χ0) is 41.8. The van der Waals surface area contributed by atoms with Crippen molar-refractivity contribution in [2.75, 3.05) is 42.3 Å². The van der Waals surface area contributed by atoms with Crippen LogP contribution in [0.5, 0.6) is 0 Å². The van der Waals surface area contributed by atoms with Gasteiger partial charge in [-0.3, -0.25) is 0 Å². The topological polar surface area (TPSA) is 57.4 Å². The van der Waals surface area contributed by atoms with E-state index >= 15 is 0 Å². The molecule has 6 nitrogen and oxygen atoms in total. The highest BCUT2D eigenvalue weighted by molar-refractivity contribution is 5.99. The lowest BCUT2D eigenvalue weighted by molar-refractivity contribution is -0.884. The summed E-state index contributed by atoms with van der Waals surface area (Å²) in [5.74, 6) is 0. The Balaban J connectivity index is 1.39. The zero-order valence-corrected chi connectivity index (χ0v) is 36.1. The highest BCUT2D eigenvalue weighted by Gasteiger charge is 2.20. The van der Waals surface area contributed by atoms with Crippen LogP contribution in [0, 0.1) is 13.8 Å². The van der Waals surface area contributed by atoms with Gasteiger partial charge >= 0.3 is 0 Å². The first kappa shape index (κ1) is 38.9. The van der Waals surface area contributed by atoms with Crippen molar-refractivity contribution in [3.05, 3.63) is 166 Å². The molecule has 0 fully saturated rings. The first-order valence-electron chi connectivity index (χ1n) is 20.8. The lowest BCUT2D eigenvalue weighted by Crippen LogP contribution is -2.33. The number of aromatic amines is 2. The molecule has 5 heterocycles. The van der Waals surface area contributed by atoms with Crippen LogP contribution in [0.2, 0.25) is 0 Å². The van der Waals surface area contributed by atoms with Crippen LogP contribution in [0.1, 0.15) is 45.0 Å². The molecule has 2 aliphatic heterocycles. The summed E-state index contributed by atoms with van der Waals surface area (Å²) in [7, 11) is 13.4. The normalized spacial score (nSPS) is 12.7. The first-order valence-corrected chi connectivity index (χ1v) is 20.8. The fourth-order valence-corrected chi connectivity index (χ4v) is 8.51. The van der Waals surface area contributed by atoms with Crippen LogP contribution < -0.4 is 0 Å². The maximum absolute atomic E-state index is 5.50. The van der Waals surface area contributed by atoms with E-state index in [0.717, 1.165) is 111 Å². The summed E-state index contributed by atoms with van der Waals surface area (Å²) in [4.78, 5) is 18.8. The first-order chi connectivity index (χ1) is 28.7. The lowest BCUT2D eigenvalue weighted by Gasteiger charge is -2.24. The Morgan fingerprint density at radius 1 is 0.350 bits per heavy atom. The largest absolute Gasteiger partial charge is 0.354 e. The third-order valence-electron chi connectivity index (χ3n) is 11.2. The summed E-state index contributed by atoms with van der Waals surface area (Å²) < 4.78 is 1.72. The van der Waals surface area contributed by atoms with E-state index in [0.29, 0.717) is 0 Å². The fraction of sp³-hybridized carbons (Fsp3) is 0.185. The summed E-state index contributed by atoms with van der Waals surface area (Å²) in [6, 6.07) is 44.4. The van der Waals surface area contributed by atoms with Gasteiger partial charge in [0.15, 0.2) is 0 Å². The highest BCUT2D eigenvalue weighted by Crippen LogP contribution is 2.39. The van der Waals surface area contributed by atoms with Crippen molar-refractivity contribution in [1.29, 1.82) is 0 Å². The second-order valence-corrected chi connectivity index (χ2v) is 18.5. The van der Waals surface area contributed by atoms with Crippen LogP contribution in [0.25, 0.3) is 90.9 Å². The van der Waals surface area contributed by atoms with Crippen molar-refractivity contribution in [1.82, 2.24) is 19.9 Å². The van der Waals surface area contributed by atoms with E-state index < -0.39 is 0 Å². The molecule has 0 atom stereocenters. The van der Waals surface area contributed by atoms with Crippen molar-refractivity contribution >= 4 is 46.4 Å². The van der Waals surface area contributed by atoms with Crippen LogP contribution >= 0.6 is 0 Å². The molecule has 0 radical (unpaired) electrons. The SMILES string of the molecule is Cc1ccc(-c2c3nc(c(-c4ccc(C[N+](C)(C)C)cc4)c4ccc([nH]4)c(-c4ccc(C)cc4)c4nc(c(-c5ccc(C[N+](C)(C)C)cc5)c5ccc2[nH]5)C=C4)C=C3)cc1. The molecule has 3 aromatic heterocycles. The van der Waals surface area contributed by atoms with Gasteiger partial charge < -0.3 is 18.9 Å². The summed E-state index contributed by atoms with van der Waals surface area (Å²) in [6.07, 6.45) is 8.69. The lowest BCUT2D eigenvalue weighted by atomic mass is 10.0. The molecule has 7 aromatic rings. The number of aryl methyl sites for hydroxylation is 2. The molecule has 0 spiro atoms. The van der Waals surface area contributed by atoms with Crippen molar-refractivity contribution in [2.24, 2.45) is 0 Å². The smallest absolute Gasteiger partial charge is 0.104 e. The summed E-state index contributed by atoms with van der Waals surface area (Å²) in [5, 5.41) is 0. The third-order valence-corrected chi connectivity index (χ3v) is 11.2. The Morgan fingerprint density at radius 3 is 0.850 bits per heavy atom. The van der Waals surface area contributed by atoms with Crippen LogP contribution in [-0.4, -0.2) is 71.2 Å². The van der Waals surface area contributed by atoms with Crippen molar-refractivity contribution in [3.8, 4) is 44.5 Å². The van der Waals surface area contributed by atoms with Crippen LogP contribution in [0.4, 0.5) is 0 Å².